The first kappa shape index (κ1) is 21.6. The van der Waals surface area contributed by atoms with Crippen LogP contribution >= 0.6 is 11.3 Å². The fraction of sp³-hybridized carbons (Fsp3) is 0.417. The normalized spacial score (nSPS) is 16.1. The van der Waals surface area contributed by atoms with E-state index in [0.717, 1.165) is 30.0 Å². The van der Waals surface area contributed by atoms with Crippen molar-refractivity contribution >= 4 is 28.8 Å². The van der Waals surface area contributed by atoms with Crippen molar-refractivity contribution in [3.05, 3.63) is 63.9 Å². The van der Waals surface area contributed by atoms with Crippen molar-refractivity contribution in [2.24, 2.45) is 0 Å². The number of amides is 2. The zero-order valence-corrected chi connectivity index (χ0v) is 19.6. The van der Waals surface area contributed by atoms with Crippen molar-refractivity contribution in [2.45, 2.75) is 32.9 Å². The van der Waals surface area contributed by atoms with Crippen molar-refractivity contribution < 1.29 is 9.59 Å². The SMILES string of the molecule is CCn1nc(C(=O)N2CCN(c3ccccc3)CC2)c2c1CCN(C(=O)Cc1cscn1)C2. The van der Waals surface area contributed by atoms with Gasteiger partial charge in [0.15, 0.2) is 5.69 Å². The Morgan fingerprint density at radius 1 is 1.03 bits per heavy atom. The molecule has 0 aliphatic carbocycles. The van der Waals surface area contributed by atoms with Crippen LogP contribution in [0.2, 0.25) is 0 Å². The first-order chi connectivity index (χ1) is 16.1. The van der Waals surface area contributed by atoms with Gasteiger partial charge in [0.05, 0.1) is 17.6 Å². The largest absolute Gasteiger partial charge is 0.368 e. The van der Waals surface area contributed by atoms with E-state index < -0.39 is 0 Å². The lowest BCUT2D eigenvalue weighted by Crippen LogP contribution is -2.49. The number of para-hydroxylation sites is 1. The predicted molar refractivity (Wildman–Crippen MR) is 127 cm³/mol. The van der Waals surface area contributed by atoms with E-state index in [-0.39, 0.29) is 11.8 Å². The molecule has 0 radical (unpaired) electrons. The van der Waals surface area contributed by atoms with Crippen LogP contribution in [0.3, 0.4) is 0 Å². The highest BCUT2D eigenvalue weighted by Gasteiger charge is 2.32. The molecule has 0 atom stereocenters. The monoisotopic (exact) mass is 464 g/mol. The number of aryl methyl sites for hydroxylation is 1. The van der Waals surface area contributed by atoms with Gasteiger partial charge in [-0.2, -0.15) is 5.10 Å². The number of carbonyl (C=O) groups excluding carboxylic acids is 2. The Labute approximate surface area is 197 Å². The number of aromatic nitrogens is 3. The molecule has 2 aliphatic heterocycles. The Balaban J connectivity index is 1.30. The molecule has 5 rings (SSSR count). The standard InChI is InChI=1S/C24H28N6O2S/c1-2-30-21-8-9-29(22(31)14-18-16-33-17-25-18)15-20(21)23(26-30)24(32)28-12-10-27(11-13-28)19-6-4-3-5-7-19/h3-7,16-17H,2,8-15H2,1H3. The fourth-order valence-electron chi connectivity index (χ4n) is 4.68. The number of thiazole rings is 1. The van der Waals surface area contributed by atoms with Crippen LogP contribution in [0.1, 0.15) is 34.4 Å². The molecule has 4 heterocycles. The van der Waals surface area contributed by atoms with Gasteiger partial charge in [-0.15, -0.1) is 11.3 Å². The van der Waals surface area contributed by atoms with Crippen LogP contribution in [0.15, 0.2) is 41.2 Å². The third-order valence-electron chi connectivity index (χ3n) is 6.49. The average Bonchev–Trinajstić information content (AvgIpc) is 3.51. The number of hydrogen-bond acceptors (Lipinski definition) is 6. The molecule has 172 valence electrons. The summed E-state index contributed by atoms with van der Waals surface area (Å²) in [5, 5.41) is 6.60. The number of rotatable bonds is 5. The number of carbonyl (C=O) groups is 2. The summed E-state index contributed by atoms with van der Waals surface area (Å²) in [7, 11) is 0. The van der Waals surface area contributed by atoms with E-state index in [9.17, 15) is 9.59 Å². The van der Waals surface area contributed by atoms with E-state index in [2.05, 4.69) is 22.0 Å². The van der Waals surface area contributed by atoms with Crippen LogP contribution in [0.5, 0.6) is 0 Å². The molecule has 1 saturated heterocycles. The van der Waals surface area contributed by atoms with Gasteiger partial charge >= 0.3 is 0 Å². The van der Waals surface area contributed by atoms with E-state index in [1.165, 1.54) is 17.0 Å². The minimum Gasteiger partial charge on any atom is -0.368 e. The smallest absolute Gasteiger partial charge is 0.274 e. The van der Waals surface area contributed by atoms with Crippen molar-refractivity contribution in [1.29, 1.82) is 0 Å². The topological polar surface area (TPSA) is 74.6 Å². The van der Waals surface area contributed by atoms with Gasteiger partial charge in [0.25, 0.3) is 5.91 Å². The fourth-order valence-corrected chi connectivity index (χ4v) is 5.24. The summed E-state index contributed by atoms with van der Waals surface area (Å²) in [4.78, 5) is 36.7. The summed E-state index contributed by atoms with van der Waals surface area (Å²) in [6.07, 6.45) is 1.01. The molecule has 1 fully saturated rings. The molecular weight excluding hydrogens is 436 g/mol. The van der Waals surface area contributed by atoms with Crippen molar-refractivity contribution in [2.75, 3.05) is 37.6 Å². The second kappa shape index (κ2) is 9.35. The first-order valence-corrected chi connectivity index (χ1v) is 12.4. The third-order valence-corrected chi connectivity index (χ3v) is 7.13. The Morgan fingerprint density at radius 2 is 1.82 bits per heavy atom. The number of anilines is 1. The van der Waals surface area contributed by atoms with Crippen molar-refractivity contribution in [3.8, 4) is 0 Å². The van der Waals surface area contributed by atoms with E-state index in [1.54, 1.807) is 5.51 Å². The highest BCUT2D eigenvalue weighted by molar-refractivity contribution is 7.07. The van der Waals surface area contributed by atoms with Gasteiger partial charge in [0, 0.05) is 74.6 Å². The Bertz CT molecular complexity index is 1120. The van der Waals surface area contributed by atoms with Crippen molar-refractivity contribution in [3.63, 3.8) is 0 Å². The van der Waals surface area contributed by atoms with Crippen LogP contribution in [0.25, 0.3) is 0 Å². The van der Waals surface area contributed by atoms with Crippen LogP contribution < -0.4 is 4.90 Å². The summed E-state index contributed by atoms with van der Waals surface area (Å²) in [6, 6.07) is 10.3. The number of piperazine rings is 1. The van der Waals surface area contributed by atoms with E-state index in [0.29, 0.717) is 51.3 Å². The molecule has 0 unspecified atom stereocenters. The summed E-state index contributed by atoms with van der Waals surface area (Å²) in [5.74, 6) is 0.0191. The summed E-state index contributed by atoms with van der Waals surface area (Å²) >= 11 is 1.50. The molecule has 0 spiro atoms. The Hall–Kier alpha value is -3.20. The molecule has 0 bridgehead atoms. The quantitative estimate of drug-likeness (QED) is 0.580. The molecule has 8 nitrogen and oxygen atoms in total. The third kappa shape index (κ3) is 4.37. The molecule has 33 heavy (non-hydrogen) atoms. The van der Waals surface area contributed by atoms with Gasteiger partial charge < -0.3 is 14.7 Å². The Kier molecular flexibility index (Phi) is 6.13. The van der Waals surface area contributed by atoms with Crippen LogP contribution in [-0.4, -0.2) is 69.1 Å². The van der Waals surface area contributed by atoms with Gasteiger partial charge in [-0.25, -0.2) is 4.98 Å². The predicted octanol–water partition coefficient (Wildman–Crippen LogP) is 2.45. The molecular formula is C24H28N6O2S. The zero-order chi connectivity index (χ0) is 22.8. The first-order valence-electron chi connectivity index (χ1n) is 11.5. The maximum Gasteiger partial charge on any atom is 0.274 e. The van der Waals surface area contributed by atoms with Crippen LogP contribution in [-0.2, 0) is 30.7 Å². The Morgan fingerprint density at radius 3 is 2.52 bits per heavy atom. The van der Waals surface area contributed by atoms with Crippen molar-refractivity contribution in [1.82, 2.24) is 24.6 Å². The molecule has 0 saturated carbocycles. The van der Waals surface area contributed by atoms with Gasteiger partial charge in [-0.05, 0) is 19.1 Å². The maximum absolute atomic E-state index is 13.5. The summed E-state index contributed by atoms with van der Waals surface area (Å²) in [5.41, 5.74) is 6.23. The molecule has 9 heteroatoms. The summed E-state index contributed by atoms with van der Waals surface area (Å²) in [6.45, 7) is 6.75. The highest BCUT2D eigenvalue weighted by atomic mass is 32.1. The van der Waals surface area contributed by atoms with Gasteiger partial charge in [0.1, 0.15) is 0 Å². The summed E-state index contributed by atoms with van der Waals surface area (Å²) < 4.78 is 1.94. The second-order valence-electron chi connectivity index (χ2n) is 8.43. The lowest BCUT2D eigenvalue weighted by molar-refractivity contribution is -0.131. The lowest BCUT2D eigenvalue weighted by atomic mass is 10.0. The maximum atomic E-state index is 13.5. The minimum atomic E-state index is -0.0278. The number of hydrogen-bond donors (Lipinski definition) is 0. The lowest BCUT2D eigenvalue weighted by Gasteiger charge is -2.36. The van der Waals surface area contributed by atoms with Crippen LogP contribution in [0.4, 0.5) is 5.69 Å². The van der Waals surface area contributed by atoms with Gasteiger partial charge in [0.2, 0.25) is 5.91 Å². The van der Waals surface area contributed by atoms with Gasteiger partial charge in [-0.1, -0.05) is 18.2 Å². The van der Waals surface area contributed by atoms with E-state index >= 15 is 0 Å². The second-order valence-corrected chi connectivity index (χ2v) is 9.14. The van der Waals surface area contributed by atoms with Crippen LogP contribution in [0, 0.1) is 0 Å². The number of fused-ring (bicyclic) bond motifs is 1. The molecule has 2 amide bonds. The number of benzene rings is 1. The van der Waals surface area contributed by atoms with Gasteiger partial charge in [-0.3, -0.25) is 14.3 Å². The van der Waals surface area contributed by atoms with E-state index in [4.69, 9.17) is 5.10 Å². The van der Waals surface area contributed by atoms with E-state index in [1.807, 2.05) is 45.0 Å². The molecule has 2 aromatic heterocycles. The average molecular weight is 465 g/mol. The number of nitrogens with zero attached hydrogens (tertiary/aromatic N) is 6. The minimum absolute atomic E-state index is 0.0278. The highest BCUT2D eigenvalue weighted by Crippen LogP contribution is 2.25. The molecule has 1 aromatic carbocycles. The molecule has 2 aliphatic rings. The zero-order valence-electron chi connectivity index (χ0n) is 18.8. The molecule has 0 N–H and O–H groups in total. The molecule has 3 aromatic rings.